The number of anilines is 1. The third-order valence-electron chi connectivity index (χ3n) is 3.87. The van der Waals surface area contributed by atoms with Gasteiger partial charge in [0.1, 0.15) is 0 Å². The van der Waals surface area contributed by atoms with Crippen molar-refractivity contribution in [2.75, 3.05) is 23.4 Å². The van der Waals surface area contributed by atoms with Crippen molar-refractivity contribution < 1.29 is 4.74 Å². The smallest absolute Gasteiger partial charge is 0.229 e. The van der Waals surface area contributed by atoms with Crippen molar-refractivity contribution in [3.05, 3.63) is 11.8 Å². The molecular formula is C16H26BrN3O. The molecule has 0 atom stereocenters. The molecule has 0 aromatic carbocycles. The van der Waals surface area contributed by atoms with Gasteiger partial charge in [-0.05, 0) is 26.2 Å². The second kappa shape index (κ2) is 8.57. The Kier molecular flexibility index (Phi) is 6.74. The topological polar surface area (TPSA) is 38.2 Å². The number of ether oxygens (including phenoxy) is 1. The number of rotatable bonds is 7. The van der Waals surface area contributed by atoms with E-state index in [1.807, 2.05) is 13.0 Å². The molecule has 21 heavy (non-hydrogen) atoms. The summed E-state index contributed by atoms with van der Waals surface area (Å²) >= 11 is 3.56. The third-order valence-corrected chi connectivity index (χ3v) is 4.23. The molecule has 1 saturated carbocycles. The SMILES string of the molecule is CCCOc1cc(C)nc(N(CCBr)C2CCCCC2)n1. The summed E-state index contributed by atoms with van der Waals surface area (Å²) in [5.41, 5.74) is 0.974. The zero-order valence-corrected chi connectivity index (χ0v) is 14.7. The van der Waals surface area contributed by atoms with Crippen LogP contribution in [0.4, 0.5) is 5.95 Å². The molecule has 0 aliphatic heterocycles. The van der Waals surface area contributed by atoms with Gasteiger partial charge in [-0.15, -0.1) is 0 Å². The van der Waals surface area contributed by atoms with Crippen LogP contribution in [0.15, 0.2) is 6.07 Å². The molecule has 1 aliphatic rings. The Bertz CT molecular complexity index is 436. The molecule has 0 N–H and O–H groups in total. The molecule has 0 amide bonds. The standard InChI is InChI=1S/C16H26BrN3O/c1-3-11-21-15-12-13(2)18-16(19-15)20(10-9-17)14-7-5-4-6-8-14/h12,14H,3-11H2,1-2H3. The number of aromatic nitrogens is 2. The minimum absolute atomic E-state index is 0.567. The maximum Gasteiger partial charge on any atom is 0.229 e. The molecule has 118 valence electrons. The number of alkyl halides is 1. The Labute approximate surface area is 136 Å². The molecule has 2 rings (SSSR count). The van der Waals surface area contributed by atoms with Gasteiger partial charge in [0.15, 0.2) is 0 Å². The van der Waals surface area contributed by atoms with E-state index < -0.39 is 0 Å². The first kappa shape index (κ1) is 16.5. The lowest BCUT2D eigenvalue weighted by Gasteiger charge is -2.34. The fourth-order valence-corrected chi connectivity index (χ4v) is 3.25. The quantitative estimate of drug-likeness (QED) is 0.689. The van der Waals surface area contributed by atoms with Crippen LogP contribution < -0.4 is 9.64 Å². The summed E-state index contributed by atoms with van der Waals surface area (Å²) in [6.07, 6.45) is 7.47. The van der Waals surface area contributed by atoms with Crippen LogP contribution >= 0.6 is 15.9 Å². The van der Waals surface area contributed by atoms with Gasteiger partial charge in [0.25, 0.3) is 0 Å². The minimum atomic E-state index is 0.567. The monoisotopic (exact) mass is 355 g/mol. The maximum atomic E-state index is 5.70. The summed E-state index contributed by atoms with van der Waals surface area (Å²) < 4.78 is 5.70. The van der Waals surface area contributed by atoms with Crippen molar-refractivity contribution >= 4 is 21.9 Å². The van der Waals surface area contributed by atoms with Crippen LogP contribution in [-0.2, 0) is 0 Å². The van der Waals surface area contributed by atoms with Crippen molar-refractivity contribution in [1.82, 2.24) is 9.97 Å². The lowest BCUT2D eigenvalue weighted by molar-refractivity contribution is 0.304. The van der Waals surface area contributed by atoms with Gasteiger partial charge in [0.05, 0.1) is 6.61 Å². The average molecular weight is 356 g/mol. The van der Waals surface area contributed by atoms with E-state index in [9.17, 15) is 0 Å². The number of nitrogens with zero attached hydrogens (tertiary/aromatic N) is 3. The van der Waals surface area contributed by atoms with Crippen LogP contribution in [0.1, 0.15) is 51.1 Å². The Balaban J connectivity index is 2.19. The average Bonchev–Trinajstić information content (AvgIpc) is 2.51. The predicted octanol–water partition coefficient (Wildman–Crippen LogP) is 4.11. The molecule has 1 aliphatic carbocycles. The fraction of sp³-hybridized carbons (Fsp3) is 0.750. The van der Waals surface area contributed by atoms with Gasteiger partial charge in [0, 0.05) is 29.7 Å². The first-order valence-corrected chi connectivity index (χ1v) is 9.17. The summed E-state index contributed by atoms with van der Waals surface area (Å²) in [6, 6.07) is 2.49. The van der Waals surface area contributed by atoms with E-state index in [0.717, 1.165) is 29.9 Å². The Morgan fingerprint density at radius 1 is 1.29 bits per heavy atom. The zero-order chi connectivity index (χ0) is 15.1. The molecule has 0 saturated heterocycles. The van der Waals surface area contributed by atoms with Crippen LogP contribution in [0.5, 0.6) is 5.88 Å². The van der Waals surface area contributed by atoms with Crippen molar-refractivity contribution in [2.24, 2.45) is 0 Å². The van der Waals surface area contributed by atoms with Crippen molar-refractivity contribution in [1.29, 1.82) is 0 Å². The second-order valence-corrected chi connectivity index (χ2v) is 6.46. The summed E-state index contributed by atoms with van der Waals surface area (Å²) in [7, 11) is 0. The molecule has 1 heterocycles. The van der Waals surface area contributed by atoms with E-state index >= 15 is 0 Å². The fourth-order valence-electron chi connectivity index (χ4n) is 2.86. The molecular weight excluding hydrogens is 330 g/mol. The summed E-state index contributed by atoms with van der Waals surface area (Å²) in [4.78, 5) is 11.6. The molecule has 0 radical (unpaired) electrons. The molecule has 4 nitrogen and oxygen atoms in total. The normalized spacial score (nSPS) is 16.0. The summed E-state index contributed by atoms with van der Waals surface area (Å²) in [5.74, 6) is 1.53. The number of hydrogen-bond donors (Lipinski definition) is 0. The summed E-state index contributed by atoms with van der Waals surface area (Å²) in [5, 5.41) is 0.936. The Morgan fingerprint density at radius 3 is 2.71 bits per heavy atom. The van der Waals surface area contributed by atoms with Crippen molar-refractivity contribution in [2.45, 2.75) is 58.4 Å². The van der Waals surface area contributed by atoms with Gasteiger partial charge >= 0.3 is 0 Å². The minimum Gasteiger partial charge on any atom is -0.478 e. The number of aryl methyl sites for hydroxylation is 1. The molecule has 1 aromatic rings. The van der Waals surface area contributed by atoms with Gasteiger partial charge in [-0.2, -0.15) is 4.98 Å². The lowest BCUT2D eigenvalue weighted by Crippen LogP contribution is -2.39. The van der Waals surface area contributed by atoms with Gasteiger partial charge in [-0.1, -0.05) is 42.1 Å². The van der Waals surface area contributed by atoms with Gasteiger partial charge < -0.3 is 9.64 Å². The van der Waals surface area contributed by atoms with Crippen LogP contribution in [-0.4, -0.2) is 34.5 Å². The van der Waals surface area contributed by atoms with Crippen LogP contribution in [0.25, 0.3) is 0 Å². The largest absolute Gasteiger partial charge is 0.478 e. The highest BCUT2D eigenvalue weighted by atomic mass is 79.9. The number of hydrogen-bond acceptors (Lipinski definition) is 4. The highest BCUT2D eigenvalue weighted by Crippen LogP contribution is 2.26. The summed E-state index contributed by atoms with van der Waals surface area (Å²) in [6.45, 7) is 5.77. The molecule has 1 aromatic heterocycles. The van der Waals surface area contributed by atoms with E-state index in [4.69, 9.17) is 4.74 Å². The molecule has 5 heteroatoms. The molecule has 1 fully saturated rings. The first-order valence-electron chi connectivity index (χ1n) is 8.05. The predicted molar refractivity (Wildman–Crippen MR) is 90.6 cm³/mol. The van der Waals surface area contributed by atoms with E-state index in [1.165, 1.54) is 32.1 Å². The van der Waals surface area contributed by atoms with Gasteiger partial charge in [-0.25, -0.2) is 4.98 Å². The van der Waals surface area contributed by atoms with Crippen molar-refractivity contribution in [3.63, 3.8) is 0 Å². The van der Waals surface area contributed by atoms with E-state index in [-0.39, 0.29) is 0 Å². The van der Waals surface area contributed by atoms with E-state index in [0.29, 0.717) is 18.5 Å². The lowest BCUT2D eigenvalue weighted by atomic mass is 9.94. The molecule has 0 unspecified atom stereocenters. The van der Waals surface area contributed by atoms with Crippen LogP contribution in [0.2, 0.25) is 0 Å². The van der Waals surface area contributed by atoms with Gasteiger partial charge in [0.2, 0.25) is 11.8 Å². The van der Waals surface area contributed by atoms with Gasteiger partial charge in [-0.3, -0.25) is 0 Å². The van der Waals surface area contributed by atoms with E-state index in [2.05, 4.69) is 37.7 Å². The van der Waals surface area contributed by atoms with Crippen LogP contribution in [0, 0.1) is 6.92 Å². The Hall–Kier alpha value is -0.840. The maximum absolute atomic E-state index is 5.70. The van der Waals surface area contributed by atoms with E-state index in [1.54, 1.807) is 0 Å². The molecule has 0 spiro atoms. The zero-order valence-electron chi connectivity index (χ0n) is 13.1. The van der Waals surface area contributed by atoms with Crippen molar-refractivity contribution in [3.8, 4) is 5.88 Å². The first-order chi connectivity index (χ1) is 10.2. The van der Waals surface area contributed by atoms with Crippen LogP contribution in [0.3, 0.4) is 0 Å². The molecule has 0 bridgehead atoms. The highest BCUT2D eigenvalue weighted by Gasteiger charge is 2.23. The highest BCUT2D eigenvalue weighted by molar-refractivity contribution is 9.09. The Morgan fingerprint density at radius 2 is 2.05 bits per heavy atom. The third kappa shape index (κ3) is 4.83. The number of halogens is 1. The second-order valence-electron chi connectivity index (χ2n) is 5.67.